The van der Waals surface area contributed by atoms with Crippen molar-refractivity contribution in [3.8, 4) is 6.07 Å². The molecule has 2 rings (SSSR count). The first-order valence-corrected chi connectivity index (χ1v) is 5.37. The Labute approximate surface area is 105 Å². The maximum atomic E-state index is 12.2. The number of aryl methyl sites for hydroxylation is 1. The fraction of sp³-hybridized carbons (Fsp3) is 0.0769. The molecule has 0 amide bonds. The molecule has 0 spiro atoms. The largest absolute Gasteiger partial charge is 0.383 e. The van der Waals surface area contributed by atoms with E-state index >= 15 is 0 Å². The first-order valence-electron chi connectivity index (χ1n) is 5.37. The van der Waals surface area contributed by atoms with Gasteiger partial charge >= 0.3 is 0 Å². The number of rotatable bonds is 2. The van der Waals surface area contributed by atoms with Gasteiger partial charge < -0.3 is 11.2 Å². The van der Waals surface area contributed by atoms with Crippen LogP contribution in [-0.2, 0) is 0 Å². The number of carbonyl (C=O) groups is 1. The first-order chi connectivity index (χ1) is 8.63. The van der Waals surface area contributed by atoms with E-state index in [1.165, 1.54) is 6.20 Å². The van der Waals surface area contributed by atoms with Gasteiger partial charge in [0.15, 0.2) is 5.78 Å². The van der Waals surface area contributed by atoms with E-state index in [1.807, 2.05) is 25.1 Å². The summed E-state index contributed by atoms with van der Waals surface area (Å²) in [6.07, 6.45) is 1.44. The highest BCUT2D eigenvalue weighted by atomic mass is 16.1. The van der Waals surface area contributed by atoms with Crippen molar-refractivity contribution in [1.29, 1.82) is 5.26 Å². The number of hydrogen-bond donors (Lipinski definition) is 3. The normalized spacial score (nSPS) is 14.1. The van der Waals surface area contributed by atoms with Crippen molar-refractivity contribution in [3.63, 3.8) is 0 Å². The van der Waals surface area contributed by atoms with Gasteiger partial charge in [-0.2, -0.15) is 5.26 Å². The predicted octanol–water partition coefficient (Wildman–Crippen LogP) is 0.863. The summed E-state index contributed by atoms with van der Waals surface area (Å²) in [6.45, 7) is 1.94. The predicted molar refractivity (Wildman–Crippen MR) is 66.7 cm³/mol. The third-order valence-electron chi connectivity index (χ3n) is 2.63. The summed E-state index contributed by atoms with van der Waals surface area (Å²) in [5.41, 5.74) is 12.8. The van der Waals surface area contributed by atoms with Gasteiger partial charge in [0.2, 0.25) is 0 Å². The van der Waals surface area contributed by atoms with E-state index in [2.05, 4.69) is 10.9 Å². The van der Waals surface area contributed by atoms with Crippen molar-refractivity contribution < 1.29 is 4.79 Å². The summed E-state index contributed by atoms with van der Waals surface area (Å²) in [7, 11) is 0. The van der Waals surface area contributed by atoms with Crippen molar-refractivity contribution in [1.82, 2.24) is 10.9 Å². The van der Waals surface area contributed by atoms with Gasteiger partial charge in [0.05, 0.1) is 5.57 Å². The molecule has 1 aromatic rings. The number of allylic oxidation sites excluding steroid dienone is 2. The standard InChI is InChI=1S/C13H12N4O/c1-8-2-4-9(5-3-8)12(18)11-7-16-17-13(15)10(11)6-14/h2-5,7,16-17H,15H2,1H3. The number of nitrogens with one attached hydrogen (secondary N) is 2. The Morgan fingerprint density at radius 3 is 2.61 bits per heavy atom. The molecular weight excluding hydrogens is 228 g/mol. The number of carbonyl (C=O) groups excluding carboxylic acids is 1. The molecule has 5 nitrogen and oxygen atoms in total. The fourth-order valence-corrected chi connectivity index (χ4v) is 1.63. The van der Waals surface area contributed by atoms with Crippen LogP contribution in [0, 0.1) is 18.3 Å². The molecule has 5 heteroatoms. The summed E-state index contributed by atoms with van der Waals surface area (Å²) in [6, 6.07) is 9.08. The van der Waals surface area contributed by atoms with Crippen LogP contribution >= 0.6 is 0 Å². The minimum atomic E-state index is -0.233. The van der Waals surface area contributed by atoms with Crippen LogP contribution in [0.3, 0.4) is 0 Å². The molecule has 90 valence electrons. The van der Waals surface area contributed by atoms with Gasteiger partial charge in [0.1, 0.15) is 17.5 Å². The number of hydrazine groups is 1. The van der Waals surface area contributed by atoms with Crippen LogP contribution in [0.4, 0.5) is 0 Å². The molecule has 0 radical (unpaired) electrons. The zero-order valence-corrected chi connectivity index (χ0v) is 9.82. The van der Waals surface area contributed by atoms with E-state index in [4.69, 9.17) is 11.0 Å². The molecule has 0 aliphatic carbocycles. The third kappa shape index (κ3) is 2.04. The Morgan fingerprint density at radius 2 is 2.00 bits per heavy atom. The van der Waals surface area contributed by atoms with Crippen LogP contribution in [0.5, 0.6) is 0 Å². The summed E-state index contributed by atoms with van der Waals surface area (Å²) in [5, 5.41) is 9.02. The number of benzene rings is 1. The lowest BCUT2D eigenvalue weighted by Gasteiger charge is -2.16. The summed E-state index contributed by atoms with van der Waals surface area (Å²) in [5.74, 6) is -0.0843. The van der Waals surface area contributed by atoms with E-state index in [-0.39, 0.29) is 22.8 Å². The molecule has 1 aliphatic rings. The molecule has 0 aromatic heterocycles. The zero-order chi connectivity index (χ0) is 13.1. The Hall–Kier alpha value is -2.74. The Bertz CT molecular complexity index is 590. The van der Waals surface area contributed by atoms with Crippen molar-refractivity contribution in [2.24, 2.45) is 5.73 Å². The lowest BCUT2D eigenvalue weighted by Crippen LogP contribution is -2.36. The highest BCUT2D eigenvalue weighted by Crippen LogP contribution is 2.18. The first kappa shape index (κ1) is 11.7. The number of nitrogens with zero attached hydrogens (tertiary/aromatic N) is 1. The minimum absolute atomic E-state index is 0.149. The van der Waals surface area contributed by atoms with Crippen LogP contribution in [0.15, 0.2) is 47.4 Å². The average molecular weight is 240 g/mol. The maximum Gasteiger partial charge on any atom is 0.196 e. The van der Waals surface area contributed by atoms with Gasteiger partial charge in [-0.25, -0.2) is 0 Å². The number of Topliss-reactive ketones (excluding diaryl/α,β-unsaturated/α-hetero) is 1. The van der Waals surface area contributed by atoms with Crippen LogP contribution in [0.25, 0.3) is 0 Å². The lowest BCUT2D eigenvalue weighted by molar-refractivity contribution is 0.103. The summed E-state index contributed by atoms with van der Waals surface area (Å²) >= 11 is 0. The van der Waals surface area contributed by atoms with E-state index in [0.717, 1.165) is 5.56 Å². The summed E-state index contributed by atoms with van der Waals surface area (Å²) in [4.78, 5) is 12.2. The summed E-state index contributed by atoms with van der Waals surface area (Å²) < 4.78 is 0. The molecule has 18 heavy (non-hydrogen) atoms. The zero-order valence-electron chi connectivity index (χ0n) is 9.82. The van der Waals surface area contributed by atoms with Crippen molar-refractivity contribution >= 4 is 5.78 Å². The molecule has 0 atom stereocenters. The van der Waals surface area contributed by atoms with Crippen molar-refractivity contribution in [2.45, 2.75) is 6.92 Å². The van der Waals surface area contributed by atoms with Gasteiger partial charge in [-0.1, -0.05) is 29.8 Å². The number of hydrogen-bond acceptors (Lipinski definition) is 5. The number of nitrogens with two attached hydrogens (primary N) is 1. The highest BCUT2D eigenvalue weighted by Gasteiger charge is 2.21. The molecular formula is C13H12N4O. The molecule has 1 aliphatic heterocycles. The van der Waals surface area contributed by atoms with Gasteiger partial charge in [-0.15, -0.1) is 0 Å². The highest BCUT2D eigenvalue weighted by molar-refractivity contribution is 6.12. The molecule has 0 fully saturated rings. The number of ketones is 1. The smallest absolute Gasteiger partial charge is 0.196 e. The van der Waals surface area contributed by atoms with Gasteiger partial charge in [-0.05, 0) is 6.92 Å². The molecule has 0 bridgehead atoms. The Balaban J connectivity index is 2.38. The van der Waals surface area contributed by atoms with Gasteiger partial charge in [0.25, 0.3) is 0 Å². The topological polar surface area (TPSA) is 90.9 Å². The minimum Gasteiger partial charge on any atom is -0.383 e. The monoisotopic (exact) mass is 240 g/mol. The second-order valence-electron chi connectivity index (χ2n) is 3.92. The molecule has 1 aromatic carbocycles. The molecule has 0 unspecified atom stereocenters. The van der Waals surface area contributed by atoms with E-state index in [9.17, 15) is 4.79 Å². The van der Waals surface area contributed by atoms with Crippen LogP contribution < -0.4 is 16.6 Å². The van der Waals surface area contributed by atoms with Crippen LogP contribution in [-0.4, -0.2) is 5.78 Å². The van der Waals surface area contributed by atoms with E-state index in [0.29, 0.717) is 5.56 Å². The molecule has 1 heterocycles. The van der Waals surface area contributed by atoms with Crippen LogP contribution in [0.2, 0.25) is 0 Å². The quantitative estimate of drug-likeness (QED) is 0.667. The fourth-order valence-electron chi connectivity index (χ4n) is 1.63. The maximum absolute atomic E-state index is 12.2. The number of nitriles is 1. The van der Waals surface area contributed by atoms with E-state index in [1.54, 1.807) is 12.1 Å². The third-order valence-corrected chi connectivity index (χ3v) is 2.63. The van der Waals surface area contributed by atoms with Crippen LogP contribution in [0.1, 0.15) is 15.9 Å². The van der Waals surface area contributed by atoms with Gasteiger partial charge in [0, 0.05) is 11.8 Å². The molecule has 0 saturated heterocycles. The van der Waals surface area contributed by atoms with E-state index < -0.39 is 0 Å². The molecule has 4 N–H and O–H groups in total. The Kier molecular flexibility index (Phi) is 3.02. The second kappa shape index (κ2) is 4.63. The van der Waals surface area contributed by atoms with Crippen molar-refractivity contribution in [2.75, 3.05) is 0 Å². The van der Waals surface area contributed by atoms with Crippen molar-refractivity contribution in [3.05, 3.63) is 58.6 Å². The SMILES string of the molecule is Cc1ccc(C(=O)C2=CNNC(N)=C2C#N)cc1. The second-order valence-corrected chi connectivity index (χ2v) is 3.92. The molecule has 0 saturated carbocycles. The Morgan fingerprint density at radius 1 is 1.33 bits per heavy atom. The lowest BCUT2D eigenvalue weighted by atomic mass is 9.97. The van der Waals surface area contributed by atoms with Gasteiger partial charge in [-0.3, -0.25) is 10.2 Å². The average Bonchev–Trinajstić information content (AvgIpc) is 2.38.